The molecule has 1 saturated heterocycles. The van der Waals surface area contributed by atoms with Crippen LogP contribution in [0.25, 0.3) is 0 Å². The van der Waals surface area contributed by atoms with Crippen molar-refractivity contribution in [2.24, 2.45) is 5.73 Å². The average molecular weight is 320 g/mol. The molecule has 1 heterocycles. The van der Waals surface area contributed by atoms with Crippen LogP contribution in [0.4, 0.5) is 11.4 Å². The first-order valence-corrected chi connectivity index (χ1v) is 8.09. The quantitative estimate of drug-likeness (QED) is 0.455. The summed E-state index contributed by atoms with van der Waals surface area (Å²) in [6.45, 7) is 2.01. The number of nitrogens with one attached hydrogen (secondary N) is 1. The van der Waals surface area contributed by atoms with Crippen LogP contribution in [0, 0.1) is 10.1 Å². The first-order valence-electron chi connectivity index (χ1n) is 8.09. The molecule has 3 N–H and O–H groups in total. The van der Waals surface area contributed by atoms with Crippen molar-refractivity contribution >= 4 is 17.3 Å². The van der Waals surface area contributed by atoms with Gasteiger partial charge in [0.15, 0.2) is 0 Å². The highest BCUT2D eigenvalue weighted by Crippen LogP contribution is 2.18. The van der Waals surface area contributed by atoms with Gasteiger partial charge in [0.1, 0.15) is 0 Å². The minimum absolute atomic E-state index is 0.0728. The van der Waals surface area contributed by atoms with Crippen LogP contribution in [0.15, 0.2) is 24.3 Å². The first-order chi connectivity index (χ1) is 11.1. The van der Waals surface area contributed by atoms with Gasteiger partial charge in [-0.05, 0) is 37.8 Å². The Morgan fingerprint density at radius 3 is 2.74 bits per heavy atom. The Morgan fingerprint density at radius 2 is 2.09 bits per heavy atom. The minimum Gasteiger partial charge on any atom is -0.385 e. The standard InChI is InChI=1S/C16H24N4O3/c17-12-15-4-1-2-11-19(15)16(21)5-3-10-18-13-6-8-14(9-7-13)20(22)23/h6-9,15,18H,1-5,10-12,17H2. The van der Waals surface area contributed by atoms with E-state index in [4.69, 9.17) is 5.73 Å². The fourth-order valence-corrected chi connectivity index (χ4v) is 2.89. The molecule has 2 rings (SSSR count). The molecule has 1 aliphatic heterocycles. The molecular formula is C16H24N4O3. The van der Waals surface area contributed by atoms with Gasteiger partial charge in [-0.15, -0.1) is 0 Å². The van der Waals surface area contributed by atoms with Crippen molar-refractivity contribution in [1.29, 1.82) is 0 Å². The Balaban J connectivity index is 1.72. The lowest BCUT2D eigenvalue weighted by Gasteiger charge is -2.35. The smallest absolute Gasteiger partial charge is 0.269 e. The predicted molar refractivity (Wildman–Crippen MR) is 89.2 cm³/mol. The molecule has 0 radical (unpaired) electrons. The molecular weight excluding hydrogens is 296 g/mol. The van der Waals surface area contributed by atoms with Crippen LogP contribution in [-0.4, -0.2) is 41.4 Å². The Labute approximate surface area is 136 Å². The first kappa shape index (κ1) is 17.2. The summed E-state index contributed by atoms with van der Waals surface area (Å²) in [5, 5.41) is 13.8. The number of hydrogen-bond acceptors (Lipinski definition) is 5. The number of amides is 1. The third kappa shape index (κ3) is 4.92. The van der Waals surface area contributed by atoms with E-state index in [1.54, 1.807) is 12.1 Å². The van der Waals surface area contributed by atoms with E-state index < -0.39 is 4.92 Å². The Hall–Kier alpha value is -2.15. The maximum Gasteiger partial charge on any atom is 0.269 e. The van der Waals surface area contributed by atoms with E-state index in [9.17, 15) is 14.9 Å². The molecule has 1 aliphatic rings. The third-order valence-corrected chi connectivity index (χ3v) is 4.19. The van der Waals surface area contributed by atoms with Gasteiger partial charge < -0.3 is 16.0 Å². The van der Waals surface area contributed by atoms with Gasteiger partial charge in [-0.2, -0.15) is 0 Å². The van der Waals surface area contributed by atoms with Gasteiger partial charge in [0.25, 0.3) is 5.69 Å². The number of anilines is 1. The summed E-state index contributed by atoms with van der Waals surface area (Å²) in [6, 6.07) is 6.48. The number of nitrogens with zero attached hydrogens (tertiary/aromatic N) is 2. The number of hydrogen-bond donors (Lipinski definition) is 2. The highest BCUT2D eigenvalue weighted by molar-refractivity contribution is 5.76. The number of piperidine rings is 1. The third-order valence-electron chi connectivity index (χ3n) is 4.19. The minimum atomic E-state index is -0.422. The molecule has 1 aromatic rings. The summed E-state index contributed by atoms with van der Waals surface area (Å²) >= 11 is 0. The number of benzene rings is 1. The van der Waals surface area contributed by atoms with Gasteiger partial charge in [0, 0.05) is 49.9 Å². The zero-order chi connectivity index (χ0) is 16.7. The van der Waals surface area contributed by atoms with Crippen LogP contribution >= 0.6 is 0 Å². The van der Waals surface area contributed by atoms with Gasteiger partial charge in [-0.3, -0.25) is 14.9 Å². The Morgan fingerprint density at radius 1 is 1.35 bits per heavy atom. The summed E-state index contributed by atoms with van der Waals surface area (Å²) in [6.07, 6.45) is 4.43. The van der Waals surface area contributed by atoms with E-state index in [-0.39, 0.29) is 17.6 Å². The van der Waals surface area contributed by atoms with E-state index in [2.05, 4.69) is 5.32 Å². The molecule has 1 unspecified atom stereocenters. The van der Waals surface area contributed by atoms with E-state index in [1.165, 1.54) is 12.1 Å². The second-order valence-corrected chi connectivity index (χ2v) is 5.81. The number of nitro groups is 1. The molecule has 0 spiro atoms. The van der Waals surface area contributed by atoms with Gasteiger partial charge in [0.2, 0.25) is 5.91 Å². The lowest BCUT2D eigenvalue weighted by molar-refractivity contribution is -0.384. The maximum atomic E-state index is 12.3. The average Bonchev–Trinajstić information content (AvgIpc) is 2.58. The fourth-order valence-electron chi connectivity index (χ4n) is 2.89. The lowest BCUT2D eigenvalue weighted by atomic mass is 10.0. The van der Waals surface area contributed by atoms with Crippen LogP contribution in [0.3, 0.4) is 0 Å². The van der Waals surface area contributed by atoms with Crippen LogP contribution in [0.2, 0.25) is 0 Å². The molecule has 0 aromatic heterocycles. The predicted octanol–water partition coefficient (Wildman–Crippen LogP) is 2.13. The number of nitrogens with two attached hydrogens (primary N) is 1. The second-order valence-electron chi connectivity index (χ2n) is 5.81. The largest absolute Gasteiger partial charge is 0.385 e. The van der Waals surface area contributed by atoms with E-state index >= 15 is 0 Å². The normalized spacial score (nSPS) is 17.8. The van der Waals surface area contributed by atoms with Gasteiger partial charge in [-0.1, -0.05) is 0 Å². The molecule has 7 heteroatoms. The summed E-state index contributed by atoms with van der Waals surface area (Å²) in [4.78, 5) is 24.4. The zero-order valence-electron chi connectivity index (χ0n) is 13.2. The fraction of sp³-hybridized carbons (Fsp3) is 0.562. The molecule has 1 aromatic carbocycles. The highest BCUT2D eigenvalue weighted by Gasteiger charge is 2.24. The van der Waals surface area contributed by atoms with E-state index in [0.29, 0.717) is 19.5 Å². The molecule has 1 fully saturated rings. The SMILES string of the molecule is NCC1CCCCN1C(=O)CCCNc1ccc([N+](=O)[O-])cc1. The van der Waals surface area contributed by atoms with Gasteiger partial charge >= 0.3 is 0 Å². The summed E-state index contributed by atoms with van der Waals surface area (Å²) in [5.41, 5.74) is 6.63. The molecule has 0 saturated carbocycles. The maximum absolute atomic E-state index is 12.3. The van der Waals surface area contributed by atoms with Crippen LogP contribution in [-0.2, 0) is 4.79 Å². The van der Waals surface area contributed by atoms with Gasteiger partial charge in [0.05, 0.1) is 4.92 Å². The summed E-state index contributed by atoms with van der Waals surface area (Å²) < 4.78 is 0. The number of rotatable bonds is 7. The molecule has 0 bridgehead atoms. The Bertz CT molecular complexity index is 533. The van der Waals surface area contributed by atoms with Crippen LogP contribution in [0.5, 0.6) is 0 Å². The molecule has 7 nitrogen and oxygen atoms in total. The lowest BCUT2D eigenvalue weighted by Crippen LogP contribution is -2.47. The summed E-state index contributed by atoms with van der Waals surface area (Å²) in [7, 11) is 0. The monoisotopic (exact) mass is 320 g/mol. The number of likely N-dealkylation sites (tertiary alicyclic amines) is 1. The number of nitro benzene ring substituents is 1. The van der Waals surface area contributed by atoms with Crippen molar-refractivity contribution in [2.75, 3.05) is 25.0 Å². The van der Waals surface area contributed by atoms with Crippen LogP contribution in [0.1, 0.15) is 32.1 Å². The van der Waals surface area contributed by atoms with Crippen molar-refractivity contribution in [3.8, 4) is 0 Å². The Kier molecular flexibility index (Phi) is 6.34. The van der Waals surface area contributed by atoms with E-state index in [1.807, 2.05) is 4.90 Å². The van der Waals surface area contributed by atoms with E-state index in [0.717, 1.165) is 37.9 Å². The molecule has 1 amide bonds. The van der Waals surface area contributed by atoms with Crippen molar-refractivity contribution in [1.82, 2.24) is 4.90 Å². The molecule has 0 aliphatic carbocycles. The van der Waals surface area contributed by atoms with Crippen molar-refractivity contribution in [3.63, 3.8) is 0 Å². The number of carbonyl (C=O) groups excluding carboxylic acids is 1. The summed E-state index contributed by atoms with van der Waals surface area (Å²) in [5.74, 6) is 0.172. The zero-order valence-corrected chi connectivity index (χ0v) is 13.2. The topological polar surface area (TPSA) is 102 Å². The number of non-ortho nitro benzene ring substituents is 1. The molecule has 126 valence electrons. The van der Waals surface area contributed by atoms with Crippen molar-refractivity contribution in [2.45, 2.75) is 38.1 Å². The van der Waals surface area contributed by atoms with Crippen molar-refractivity contribution < 1.29 is 9.72 Å². The number of carbonyl (C=O) groups is 1. The molecule has 1 atom stereocenters. The molecule has 23 heavy (non-hydrogen) atoms. The van der Waals surface area contributed by atoms with Crippen LogP contribution < -0.4 is 11.1 Å². The van der Waals surface area contributed by atoms with Gasteiger partial charge in [-0.25, -0.2) is 0 Å². The van der Waals surface area contributed by atoms with Crippen molar-refractivity contribution in [3.05, 3.63) is 34.4 Å². The second kappa shape index (κ2) is 8.47. The highest BCUT2D eigenvalue weighted by atomic mass is 16.6.